The van der Waals surface area contributed by atoms with E-state index in [1.54, 1.807) is 0 Å². The second kappa shape index (κ2) is 9.73. The van der Waals surface area contributed by atoms with E-state index in [-0.39, 0.29) is 11.9 Å². The van der Waals surface area contributed by atoms with Gasteiger partial charge in [0.2, 0.25) is 0 Å². The van der Waals surface area contributed by atoms with Gasteiger partial charge in [-0.1, -0.05) is 12.1 Å². The van der Waals surface area contributed by atoms with Gasteiger partial charge in [0.15, 0.2) is 0 Å². The van der Waals surface area contributed by atoms with Crippen LogP contribution >= 0.6 is 0 Å². The number of piperazine rings is 1. The van der Waals surface area contributed by atoms with Gasteiger partial charge < -0.3 is 20.0 Å². The number of carbonyl (C=O) groups excluding carboxylic acids is 1. The van der Waals surface area contributed by atoms with Gasteiger partial charge in [-0.3, -0.25) is 4.79 Å². The fourth-order valence-electron chi connectivity index (χ4n) is 4.92. The van der Waals surface area contributed by atoms with Crippen LogP contribution in [0.2, 0.25) is 0 Å². The van der Waals surface area contributed by atoms with Gasteiger partial charge in [0.1, 0.15) is 0 Å². The Morgan fingerprint density at radius 2 is 1.74 bits per heavy atom. The van der Waals surface area contributed by atoms with Gasteiger partial charge in [-0.15, -0.1) is 0 Å². The van der Waals surface area contributed by atoms with Crippen molar-refractivity contribution in [3.63, 3.8) is 0 Å². The maximum atomic E-state index is 12.9. The Balaban J connectivity index is 1.43. The zero-order chi connectivity index (χ0) is 21.8. The van der Waals surface area contributed by atoms with Gasteiger partial charge in [-0.2, -0.15) is 0 Å². The Morgan fingerprint density at radius 1 is 1.03 bits per heavy atom. The smallest absolute Gasteiger partial charge is 0.251 e. The number of anilines is 2. The van der Waals surface area contributed by atoms with Crippen LogP contribution in [0.4, 0.5) is 11.4 Å². The zero-order valence-electron chi connectivity index (χ0n) is 19.2. The summed E-state index contributed by atoms with van der Waals surface area (Å²) in [6, 6.07) is 14.9. The van der Waals surface area contributed by atoms with E-state index in [1.165, 1.54) is 22.5 Å². The first-order valence-electron chi connectivity index (χ1n) is 11.8. The van der Waals surface area contributed by atoms with E-state index < -0.39 is 0 Å². The molecule has 166 valence electrons. The summed E-state index contributed by atoms with van der Waals surface area (Å²) in [5, 5.41) is 3.31. The first-order chi connectivity index (χ1) is 15.1. The zero-order valence-corrected chi connectivity index (χ0v) is 19.2. The number of aryl methyl sites for hydroxylation is 1. The minimum absolute atomic E-state index is 0.0385. The molecule has 2 aromatic carbocycles. The number of nitrogens with zero attached hydrogens (tertiary/aromatic N) is 3. The van der Waals surface area contributed by atoms with Crippen molar-refractivity contribution < 1.29 is 4.79 Å². The molecule has 1 N–H and O–H groups in total. The molecular weight excluding hydrogens is 384 g/mol. The van der Waals surface area contributed by atoms with Gasteiger partial charge in [0.05, 0.1) is 0 Å². The third-order valence-corrected chi connectivity index (χ3v) is 6.90. The predicted octanol–water partition coefficient (Wildman–Crippen LogP) is 3.57. The Bertz CT molecular complexity index is 883. The van der Waals surface area contributed by atoms with Crippen molar-refractivity contribution in [1.82, 2.24) is 10.2 Å². The van der Waals surface area contributed by atoms with Crippen molar-refractivity contribution in [2.45, 2.75) is 39.2 Å². The molecule has 1 unspecified atom stereocenters. The number of hydrogen-bond acceptors (Lipinski definition) is 4. The molecule has 5 heteroatoms. The van der Waals surface area contributed by atoms with Crippen molar-refractivity contribution in [3.05, 3.63) is 59.2 Å². The van der Waals surface area contributed by atoms with Crippen LogP contribution < -0.4 is 15.1 Å². The lowest BCUT2D eigenvalue weighted by molar-refractivity contribution is 0.0933. The summed E-state index contributed by atoms with van der Waals surface area (Å²) in [7, 11) is 2.19. The number of nitrogens with one attached hydrogen (secondary N) is 1. The van der Waals surface area contributed by atoms with Crippen LogP contribution in [0.15, 0.2) is 42.5 Å². The molecule has 1 amide bonds. The van der Waals surface area contributed by atoms with E-state index in [4.69, 9.17) is 0 Å². The van der Waals surface area contributed by atoms with Crippen LogP contribution in [0, 0.1) is 0 Å². The monoisotopic (exact) mass is 420 g/mol. The number of fused-ring (bicyclic) bond motifs is 1. The lowest BCUT2D eigenvalue weighted by atomic mass is 9.86. The van der Waals surface area contributed by atoms with E-state index in [1.807, 2.05) is 12.1 Å². The second-order valence-corrected chi connectivity index (χ2v) is 8.84. The quantitative estimate of drug-likeness (QED) is 0.775. The number of benzene rings is 2. The summed E-state index contributed by atoms with van der Waals surface area (Å²) >= 11 is 0. The minimum Gasteiger partial charge on any atom is -0.372 e. The van der Waals surface area contributed by atoms with Crippen molar-refractivity contribution in [2.75, 3.05) is 56.1 Å². The van der Waals surface area contributed by atoms with Gasteiger partial charge in [0, 0.05) is 62.2 Å². The highest BCUT2D eigenvalue weighted by Crippen LogP contribution is 2.31. The van der Waals surface area contributed by atoms with Crippen LogP contribution in [-0.2, 0) is 12.8 Å². The number of hydrogen-bond donors (Lipinski definition) is 1. The number of rotatable bonds is 6. The van der Waals surface area contributed by atoms with Gasteiger partial charge in [-0.25, -0.2) is 0 Å². The summed E-state index contributed by atoms with van der Waals surface area (Å²) in [4.78, 5) is 20.1. The largest absolute Gasteiger partial charge is 0.372 e. The molecule has 0 aromatic heterocycles. The maximum absolute atomic E-state index is 12.9. The van der Waals surface area contributed by atoms with Crippen molar-refractivity contribution in [1.29, 1.82) is 0 Å². The SMILES string of the molecule is CCN(CC)c1ccc(C(=O)NC2CCc3cccc(N4CCN(C)CC4)c3C2)cc1. The van der Waals surface area contributed by atoms with Crippen LogP contribution in [-0.4, -0.2) is 63.2 Å². The molecule has 0 spiro atoms. The van der Waals surface area contributed by atoms with Gasteiger partial charge in [0.25, 0.3) is 5.91 Å². The maximum Gasteiger partial charge on any atom is 0.251 e. The highest BCUT2D eigenvalue weighted by Gasteiger charge is 2.25. The molecule has 31 heavy (non-hydrogen) atoms. The van der Waals surface area contributed by atoms with Gasteiger partial charge >= 0.3 is 0 Å². The minimum atomic E-state index is 0.0385. The Labute approximate surface area is 187 Å². The molecule has 0 radical (unpaired) electrons. The fourth-order valence-corrected chi connectivity index (χ4v) is 4.92. The van der Waals surface area contributed by atoms with E-state index >= 15 is 0 Å². The van der Waals surface area contributed by atoms with Gasteiger partial charge in [-0.05, 0) is 81.6 Å². The highest BCUT2D eigenvalue weighted by molar-refractivity contribution is 5.94. The molecule has 2 aliphatic rings. The van der Waals surface area contributed by atoms with Crippen LogP contribution in [0.1, 0.15) is 41.8 Å². The van der Waals surface area contributed by atoms with Crippen LogP contribution in [0.3, 0.4) is 0 Å². The number of amides is 1. The summed E-state index contributed by atoms with van der Waals surface area (Å²) in [5.41, 5.74) is 6.16. The molecule has 2 aromatic rings. The lowest BCUT2D eigenvalue weighted by Crippen LogP contribution is -2.45. The lowest BCUT2D eigenvalue weighted by Gasteiger charge is -2.37. The molecule has 1 atom stereocenters. The average molecular weight is 421 g/mol. The van der Waals surface area contributed by atoms with E-state index in [9.17, 15) is 4.79 Å². The molecule has 1 heterocycles. The molecule has 1 saturated heterocycles. The molecule has 0 saturated carbocycles. The first-order valence-corrected chi connectivity index (χ1v) is 11.8. The molecular formula is C26H36N4O. The predicted molar refractivity (Wildman–Crippen MR) is 129 cm³/mol. The van der Waals surface area contributed by atoms with Crippen molar-refractivity contribution in [2.24, 2.45) is 0 Å². The van der Waals surface area contributed by atoms with Crippen molar-refractivity contribution in [3.8, 4) is 0 Å². The van der Waals surface area contributed by atoms with Crippen molar-refractivity contribution >= 4 is 17.3 Å². The van der Waals surface area contributed by atoms with Crippen LogP contribution in [0.25, 0.3) is 0 Å². The highest BCUT2D eigenvalue weighted by atomic mass is 16.1. The summed E-state index contributed by atoms with van der Waals surface area (Å²) in [6.07, 6.45) is 2.95. The number of likely N-dealkylation sites (N-methyl/N-ethyl adjacent to an activating group) is 1. The Kier molecular flexibility index (Phi) is 6.81. The number of carbonyl (C=O) groups is 1. The molecule has 0 bridgehead atoms. The Hall–Kier alpha value is -2.53. The summed E-state index contributed by atoms with van der Waals surface area (Å²) in [6.45, 7) is 10.6. The first kappa shape index (κ1) is 21.7. The summed E-state index contributed by atoms with van der Waals surface area (Å²) < 4.78 is 0. The molecule has 1 aliphatic heterocycles. The van der Waals surface area contributed by atoms with E-state index in [0.29, 0.717) is 0 Å². The fraction of sp³-hybridized carbons (Fsp3) is 0.500. The third kappa shape index (κ3) is 4.87. The topological polar surface area (TPSA) is 38.8 Å². The summed E-state index contributed by atoms with van der Waals surface area (Å²) in [5.74, 6) is 0.0385. The van der Waals surface area contributed by atoms with E-state index in [0.717, 1.165) is 64.1 Å². The third-order valence-electron chi connectivity index (χ3n) is 6.90. The van der Waals surface area contributed by atoms with Crippen LogP contribution in [0.5, 0.6) is 0 Å². The molecule has 1 aliphatic carbocycles. The standard InChI is InChI=1S/C26H36N4O/c1-4-29(5-2)23-13-10-21(11-14-23)26(31)27-22-12-9-20-7-6-8-25(24(20)19-22)30-17-15-28(3)16-18-30/h6-8,10-11,13-14,22H,4-5,9,12,15-19H2,1-3H3,(H,27,31). The second-order valence-electron chi connectivity index (χ2n) is 8.84. The molecule has 1 fully saturated rings. The Morgan fingerprint density at radius 3 is 2.42 bits per heavy atom. The normalized spacial score (nSPS) is 19.1. The van der Waals surface area contributed by atoms with E-state index in [2.05, 4.69) is 71.2 Å². The molecule has 4 rings (SSSR count). The molecule has 5 nitrogen and oxygen atoms in total. The average Bonchev–Trinajstić information content (AvgIpc) is 2.80.